The molecule has 0 atom stereocenters. The highest BCUT2D eigenvalue weighted by atomic mass is 16.6. The third-order valence-electron chi connectivity index (χ3n) is 3.77. The van der Waals surface area contributed by atoms with E-state index in [9.17, 15) is 14.9 Å². The molecule has 0 aliphatic rings. The number of carbonyl (C=O) groups is 1. The summed E-state index contributed by atoms with van der Waals surface area (Å²) in [7, 11) is 0. The number of carbonyl (C=O) groups excluding carboxylic acids is 1. The van der Waals surface area contributed by atoms with E-state index in [1.54, 1.807) is 24.3 Å². The first kappa shape index (κ1) is 17.2. The Morgan fingerprint density at radius 1 is 0.962 bits per heavy atom. The Morgan fingerprint density at radius 2 is 1.62 bits per heavy atom. The van der Waals surface area contributed by atoms with Crippen LogP contribution in [0.1, 0.15) is 15.9 Å². The monoisotopic (exact) mass is 348 g/mol. The van der Waals surface area contributed by atoms with Crippen LogP contribution in [-0.4, -0.2) is 10.8 Å². The molecule has 0 aliphatic carbocycles. The molecule has 0 aliphatic heterocycles. The molecule has 1 N–H and O–H groups in total. The van der Waals surface area contributed by atoms with Crippen LogP contribution in [0.5, 0.6) is 11.5 Å². The van der Waals surface area contributed by atoms with E-state index >= 15 is 0 Å². The van der Waals surface area contributed by atoms with Crippen LogP contribution in [0.2, 0.25) is 0 Å². The van der Waals surface area contributed by atoms with Crippen molar-refractivity contribution in [3.63, 3.8) is 0 Å². The van der Waals surface area contributed by atoms with Crippen LogP contribution in [0, 0.1) is 17.0 Å². The van der Waals surface area contributed by atoms with Gasteiger partial charge in [0.2, 0.25) is 0 Å². The number of nitro benzene ring substituents is 1. The van der Waals surface area contributed by atoms with Crippen molar-refractivity contribution in [2.24, 2.45) is 0 Å². The maximum Gasteiger partial charge on any atom is 0.269 e. The van der Waals surface area contributed by atoms with Gasteiger partial charge in [-0.05, 0) is 55.0 Å². The molecule has 0 radical (unpaired) electrons. The van der Waals surface area contributed by atoms with Gasteiger partial charge < -0.3 is 10.1 Å². The number of ether oxygens (including phenoxy) is 1. The van der Waals surface area contributed by atoms with Crippen LogP contribution in [0.4, 0.5) is 11.4 Å². The van der Waals surface area contributed by atoms with E-state index in [-0.39, 0.29) is 11.6 Å². The lowest BCUT2D eigenvalue weighted by Gasteiger charge is -2.10. The average Bonchev–Trinajstić information content (AvgIpc) is 2.65. The fourth-order valence-corrected chi connectivity index (χ4v) is 2.34. The maximum absolute atomic E-state index is 12.2. The molecule has 0 bridgehead atoms. The van der Waals surface area contributed by atoms with Crippen LogP contribution >= 0.6 is 0 Å². The van der Waals surface area contributed by atoms with Crippen molar-refractivity contribution in [2.75, 3.05) is 5.32 Å². The number of rotatable bonds is 5. The van der Waals surface area contributed by atoms with Gasteiger partial charge in [0.1, 0.15) is 11.5 Å². The molecule has 0 heterocycles. The minimum Gasteiger partial charge on any atom is -0.457 e. The number of amides is 1. The summed E-state index contributed by atoms with van der Waals surface area (Å²) in [6.45, 7) is 1.97. The second-order valence-corrected chi connectivity index (χ2v) is 5.65. The molecule has 0 fully saturated rings. The SMILES string of the molecule is Cc1ccccc1Oc1ccc(NC(=O)c2ccc([N+](=O)[O-])cc2)cc1. The summed E-state index contributed by atoms with van der Waals surface area (Å²) in [5, 5.41) is 13.4. The molecule has 3 aromatic carbocycles. The van der Waals surface area contributed by atoms with Crippen LogP contribution in [0.25, 0.3) is 0 Å². The zero-order chi connectivity index (χ0) is 18.5. The van der Waals surface area contributed by atoms with E-state index in [2.05, 4.69) is 5.32 Å². The number of benzene rings is 3. The molecule has 6 nitrogen and oxygen atoms in total. The molecule has 0 aromatic heterocycles. The van der Waals surface area contributed by atoms with Gasteiger partial charge in [-0.2, -0.15) is 0 Å². The molecular formula is C20H16N2O4. The molecule has 0 unspecified atom stereocenters. The van der Waals surface area contributed by atoms with Crippen LogP contribution < -0.4 is 10.1 Å². The maximum atomic E-state index is 12.2. The number of anilines is 1. The van der Waals surface area contributed by atoms with Gasteiger partial charge in [0.25, 0.3) is 11.6 Å². The Balaban J connectivity index is 1.66. The highest BCUT2D eigenvalue weighted by molar-refractivity contribution is 6.04. The number of non-ortho nitro benzene ring substituents is 1. The second-order valence-electron chi connectivity index (χ2n) is 5.65. The Hall–Kier alpha value is -3.67. The van der Waals surface area contributed by atoms with Gasteiger partial charge in [-0.3, -0.25) is 14.9 Å². The van der Waals surface area contributed by atoms with E-state index in [0.29, 0.717) is 17.0 Å². The van der Waals surface area contributed by atoms with Gasteiger partial charge in [-0.1, -0.05) is 18.2 Å². The van der Waals surface area contributed by atoms with Crippen LogP contribution in [0.15, 0.2) is 72.8 Å². The smallest absolute Gasteiger partial charge is 0.269 e. The third kappa shape index (κ3) is 4.05. The van der Waals surface area contributed by atoms with Crippen LogP contribution in [-0.2, 0) is 0 Å². The second kappa shape index (κ2) is 7.48. The molecule has 0 spiro atoms. The van der Waals surface area contributed by atoms with Crippen molar-refractivity contribution in [3.05, 3.63) is 94.0 Å². The first-order valence-electron chi connectivity index (χ1n) is 7.92. The molecule has 0 saturated heterocycles. The third-order valence-corrected chi connectivity index (χ3v) is 3.77. The normalized spacial score (nSPS) is 10.2. The number of nitrogens with one attached hydrogen (secondary N) is 1. The highest BCUT2D eigenvalue weighted by Crippen LogP contribution is 2.25. The lowest BCUT2D eigenvalue weighted by atomic mass is 10.2. The molecule has 130 valence electrons. The zero-order valence-corrected chi connectivity index (χ0v) is 14.0. The lowest BCUT2D eigenvalue weighted by molar-refractivity contribution is -0.384. The minimum atomic E-state index is -0.505. The lowest BCUT2D eigenvalue weighted by Crippen LogP contribution is -2.11. The van der Waals surface area contributed by atoms with E-state index in [1.165, 1.54) is 24.3 Å². The molecular weight excluding hydrogens is 332 g/mol. The topological polar surface area (TPSA) is 81.5 Å². The molecule has 1 amide bonds. The Labute approximate surface area is 150 Å². The minimum absolute atomic E-state index is 0.0562. The number of hydrogen-bond donors (Lipinski definition) is 1. The van der Waals surface area contributed by atoms with E-state index in [1.807, 2.05) is 31.2 Å². The summed E-state index contributed by atoms with van der Waals surface area (Å²) in [4.78, 5) is 22.3. The summed E-state index contributed by atoms with van der Waals surface area (Å²) < 4.78 is 5.81. The Morgan fingerprint density at radius 3 is 2.23 bits per heavy atom. The summed E-state index contributed by atoms with van der Waals surface area (Å²) in [5.41, 5.74) is 1.92. The number of nitro groups is 1. The number of hydrogen-bond acceptors (Lipinski definition) is 4. The standard InChI is InChI=1S/C20H16N2O4/c1-14-4-2-3-5-19(14)26-18-12-8-16(9-13-18)21-20(23)15-6-10-17(11-7-15)22(24)25/h2-13H,1H3,(H,21,23). The van der Waals surface area contributed by atoms with Gasteiger partial charge in [0.15, 0.2) is 0 Å². The largest absolute Gasteiger partial charge is 0.457 e. The quantitative estimate of drug-likeness (QED) is 0.522. The van der Waals surface area contributed by atoms with E-state index in [4.69, 9.17) is 4.74 Å². The summed E-state index contributed by atoms with van der Waals surface area (Å²) in [6.07, 6.45) is 0. The van der Waals surface area contributed by atoms with Gasteiger partial charge in [0.05, 0.1) is 4.92 Å². The van der Waals surface area contributed by atoms with Crippen molar-refractivity contribution >= 4 is 17.3 Å². The molecule has 3 aromatic rings. The number of para-hydroxylation sites is 1. The Kier molecular flexibility index (Phi) is 4.94. The molecule has 0 saturated carbocycles. The van der Waals surface area contributed by atoms with E-state index in [0.717, 1.165) is 11.3 Å². The van der Waals surface area contributed by atoms with Gasteiger partial charge in [0, 0.05) is 23.4 Å². The fourth-order valence-electron chi connectivity index (χ4n) is 2.34. The van der Waals surface area contributed by atoms with Crippen molar-refractivity contribution in [3.8, 4) is 11.5 Å². The van der Waals surface area contributed by atoms with Gasteiger partial charge >= 0.3 is 0 Å². The fraction of sp³-hybridized carbons (Fsp3) is 0.0500. The average molecular weight is 348 g/mol. The summed E-state index contributed by atoms with van der Waals surface area (Å²) in [6, 6.07) is 20.1. The zero-order valence-electron chi connectivity index (χ0n) is 14.0. The molecule has 26 heavy (non-hydrogen) atoms. The van der Waals surface area contributed by atoms with Crippen LogP contribution in [0.3, 0.4) is 0 Å². The molecule has 3 rings (SSSR count). The molecule has 6 heteroatoms. The highest BCUT2D eigenvalue weighted by Gasteiger charge is 2.10. The van der Waals surface area contributed by atoms with E-state index < -0.39 is 4.92 Å². The number of nitrogens with zero attached hydrogens (tertiary/aromatic N) is 1. The first-order valence-corrected chi connectivity index (χ1v) is 7.92. The first-order chi connectivity index (χ1) is 12.5. The van der Waals surface area contributed by atoms with Crippen molar-refractivity contribution in [2.45, 2.75) is 6.92 Å². The van der Waals surface area contributed by atoms with Gasteiger partial charge in [-0.25, -0.2) is 0 Å². The van der Waals surface area contributed by atoms with Crippen molar-refractivity contribution in [1.29, 1.82) is 0 Å². The number of aryl methyl sites for hydroxylation is 1. The van der Waals surface area contributed by atoms with Crippen molar-refractivity contribution < 1.29 is 14.5 Å². The summed E-state index contributed by atoms with van der Waals surface area (Å²) in [5.74, 6) is 1.09. The summed E-state index contributed by atoms with van der Waals surface area (Å²) >= 11 is 0. The Bertz CT molecular complexity index is 935. The predicted octanol–water partition coefficient (Wildman–Crippen LogP) is 4.95. The van der Waals surface area contributed by atoms with Gasteiger partial charge in [-0.15, -0.1) is 0 Å². The van der Waals surface area contributed by atoms with Crippen molar-refractivity contribution in [1.82, 2.24) is 0 Å². The predicted molar refractivity (Wildman–Crippen MR) is 98.7 cm³/mol.